The molecule has 6 heteroatoms. The number of aliphatic hydroxyl groups is 1. The number of aryl methyl sites for hydroxylation is 1. The smallest absolute Gasteiger partial charge is 0.348 e. The van der Waals surface area contributed by atoms with Gasteiger partial charge in [0.2, 0.25) is 0 Å². The van der Waals surface area contributed by atoms with Crippen LogP contribution in [0.3, 0.4) is 0 Å². The highest BCUT2D eigenvalue weighted by molar-refractivity contribution is 7.13. The van der Waals surface area contributed by atoms with E-state index in [9.17, 15) is 9.90 Å². The van der Waals surface area contributed by atoms with Crippen LogP contribution in [-0.4, -0.2) is 31.9 Å². The number of methoxy groups -OCH3 is 2. The first-order valence-corrected chi connectivity index (χ1v) is 15.7. The van der Waals surface area contributed by atoms with Gasteiger partial charge in [0.05, 0.1) is 33.5 Å². The molecule has 2 aromatic carbocycles. The third kappa shape index (κ3) is 8.54. The van der Waals surface area contributed by atoms with E-state index >= 15 is 0 Å². The van der Waals surface area contributed by atoms with Crippen molar-refractivity contribution in [1.82, 2.24) is 0 Å². The first kappa shape index (κ1) is 31.0. The Bertz CT molecular complexity index is 1260. The van der Waals surface area contributed by atoms with Crippen LogP contribution in [0.1, 0.15) is 95.6 Å². The summed E-state index contributed by atoms with van der Waals surface area (Å²) in [5, 5.41) is 10.1. The van der Waals surface area contributed by atoms with Gasteiger partial charge in [-0.2, -0.15) is 0 Å². The number of ether oxygens (including phenoxy) is 3. The van der Waals surface area contributed by atoms with Crippen molar-refractivity contribution in [2.45, 2.75) is 77.4 Å². The molecule has 0 fully saturated rings. The van der Waals surface area contributed by atoms with Crippen molar-refractivity contribution in [3.05, 3.63) is 92.7 Å². The highest BCUT2D eigenvalue weighted by Gasteiger charge is 2.26. The first-order valence-electron chi connectivity index (χ1n) is 14.9. The molecule has 1 aromatic heterocycles. The second kappa shape index (κ2) is 15.9. The average molecular weight is 577 g/mol. The number of rotatable bonds is 16. The number of esters is 1. The summed E-state index contributed by atoms with van der Waals surface area (Å²) in [7, 11) is 3.10. The van der Waals surface area contributed by atoms with E-state index < -0.39 is 0 Å². The lowest BCUT2D eigenvalue weighted by Crippen LogP contribution is -2.06. The van der Waals surface area contributed by atoms with Crippen molar-refractivity contribution in [3.8, 4) is 5.75 Å². The summed E-state index contributed by atoms with van der Waals surface area (Å²) in [6.45, 7) is 2.91. The molecule has 3 aromatic rings. The quantitative estimate of drug-likeness (QED) is 0.137. The van der Waals surface area contributed by atoms with Crippen molar-refractivity contribution < 1.29 is 24.1 Å². The number of benzene rings is 2. The Morgan fingerprint density at radius 1 is 1.00 bits per heavy atom. The molecule has 0 amide bonds. The number of hydrogen-bond donors (Lipinski definition) is 1. The topological polar surface area (TPSA) is 65.0 Å². The van der Waals surface area contributed by atoms with Crippen molar-refractivity contribution in [1.29, 1.82) is 0 Å². The van der Waals surface area contributed by atoms with Crippen molar-refractivity contribution in [2.24, 2.45) is 5.92 Å². The largest absolute Gasteiger partial charge is 0.497 e. The van der Waals surface area contributed by atoms with Crippen LogP contribution >= 0.6 is 11.3 Å². The van der Waals surface area contributed by atoms with Gasteiger partial charge in [0.25, 0.3) is 0 Å². The fourth-order valence-corrected chi connectivity index (χ4v) is 6.74. The predicted octanol–water partition coefficient (Wildman–Crippen LogP) is 8.56. The Kier molecular flexibility index (Phi) is 12.0. The second-order valence-corrected chi connectivity index (χ2v) is 12.0. The van der Waals surface area contributed by atoms with Gasteiger partial charge >= 0.3 is 5.97 Å². The highest BCUT2D eigenvalue weighted by Crippen LogP contribution is 2.42. The van der Waals surface area contributed by atoms with E-state index in [2.05, 4.69) is 43.3 Å². The van der Waals surface area contributed by atoms with Gasteiger partial charge in [-0.05, 0) is 96.5 Å². The Hall–Kier alpha value is -2.93. The molecular weight excluding hydrogens is 532 g/mol. The van der Waals surface area contributed by atoms with E-state index in [0.29, 0.717) is 17.4 Å². The Labute approximate surface area is 249 Å². The number of carbonyl (C=O) groups is 1. The monoisotopic (exact) mass is 576 g/mol. The number of aliphatic hydroxyl groups excluding tert-OH is 1. The lowest BCUT2D eigenvalue weighted by molar-refractivity contribution is 0.0322. The number of allylic oxidation sites excluding steroid dienone is 1. The molecule has 220 valence electrons. The Morgan fingerprint density at radius 3 is 2.46 bits per heavy atom. The predicted molar refractivity (Wildman–Crippen MR) is 166 cm³/mol. The van der Waals surface area contributed by atoms with Crippen LogP contribution in [0.25, 0.3) is 5.57 Å². The van der Waals surface area contributed by atoms with Crippen LogP contribution in [0.2, 0.25) is 0 Å². The zero-order valence-corrected chi connectivity index (χ0v) is 25.5. The molecular formula is C35H44O5S. The van der Waals surface area contributed by atoms with Crippen LogP contribution in [0.5, 0.6) is 5.75 Å². The van der Waals surface area contributed by atoms with Gasteiger partial charge in [-0.15, -0.1) is 11.3 Å². The summed E-state index contributed by atoms with van der Waals surface area (Å²) in [5.41, 5.74) is 6.05. The SMILES string of the molecule is CCCCCC(OCc1ccc(OC)cc1)c1ccc(C2=C(CO)CC[C@@H]2CCCc2ccc(C(=O)OC)s2)cc1. The van der Waals surface area contributed by atoms with Crippen LogP contribution in [0, 0.1) is 5.92 Å². The van der Waals surface area contributed by atoms with E-state index in [1.807, 2.05) is 24.3 Å². The molecule has 4 rings (SSSR count). The third-order valence-corrected chi connectivity index (χ3v) is 9.20. The van der Waals surface area contributed by atoms with Gasteiger partial charge in [0, 0.05) is 4.88 Å². The van der Waals surface area contributed by atoms with Crippen molar-refractivity contribution in [2.75, 3.05) is 20.8 Å². The highest BCUT2D eigenvalue weighted by atomic mass is 32.1. The molecule has 1 aliphatic carbocycles. The molecule has 1 N–H and O–H groups in total. The van der Waals surface area contributed by atoms with Gasteiger partial charge in [0.1, 0.15) is 10.6 Å². The number of thiophene rings is 1. The van der Waals surface area contributed by atoms with Gasteiger partial charge in [-0.1, -0.05) is 62.6 Å². The van der Waals surface area contributed by atoms with E-state index in [0.717, 1.165) is 56.3 Å². The molecule has 0 radical (unpaired) electrons. The molecule has 5 nitrogen and oxygen atoms in total. The summed E-state index contributed by atoms with van der Waals surface area (Å²) in [4.78, 5) is 13.7. The number of unbranched alkanes of at least 4 members (excludes halogenated alkanes) is 2. The normalized spacial score (nSPS) is 15.8. The average Bonchev–Trinajstić information content (AvgIpc) is 3.66. The maximum absolute atomic E-state index is 11.8. The van der Waals surface area contributed by atoms with Crippen molar-refractivity contribution >= 4 is 22.9 Å². The Balaban J connectivity index is 1.41. The molecule has 0 spiro atoms. The number of carbonyl (C=O) groups excluding carboxylic acids is 1. The van der Waals surface area contributed by atoms with E-state index in [-0.39, 0.29) is 18.7 Å². The van der Waals surface area contributed by atoms with E-state index in [1.165, 1.54) is 58.4 Å². The van der Waals surface area contributed by atoms with Crippen LogP contribution in [0.4, 0.5) is 0 Å². The second-order valence-electron chi connectivity index (χ2n) is 10.8. The fraction of sp³-hybridized carbons (Fsp3) is 0.457. The molecule has 0 bridgehead atoms. The van der Waals surface area contributed by atoms with Crippen molar-refractivity contribution in [3.63, 3.8) is 0 Å². The maximum Gasteiger partial charge on any atom is 0.348 e. The molecule has 0 saturated carbocycles. The Morgan fingerprint density at radius 2 is 1.78 bits per heavy atom. The molecule has 41 heavy (non-hydrogen) atoms. The van der Waals surface area contributed by atoms with Crippen LogP contribution < -0.4 is 4.74 Å². The maximum atomic E-state index is 11.8. The summed E-state index contributed by atoms with van der Waals surface area (Å²) in [5.74, 6) is 1.02. The molecule has 1 aliphatic rings. The summed E-state index contributed by atoms with van der Waals surface area (Å²) < 4.78 is 16.6. The fourth-order valence-electron chi connectivity index (χ4n) is 5.78. The molecule has 1 unspecified atom stereocenters. The summed E-state index contributed by atoms with van der Waals surface area (Å²) in [6, 6.07) is 20.9. The lowest BCUT2D eigenvalue weighted by atomic mass is 9.88. The minimum absolute atomic E-state index is 0.0454. The molecule has 0 aliphatic heterocycles. The van der Waals surface area contributed by atoms with Gasteiger partial charge in [-0.25, -0.2) is 4.79 Å². The summed E-state index contributed by atoms with van der Waals surface area (Å²) >= 11 is 1.52. The summed E-state index contributed by atoms with van der Waals surface area (Å²) in [6.07, 6.45) is 9.65. The zero-order valence-electron chi connectivity index (χ0n) is 24.7. The van der Waals surface area contributed by atoms with Crippen LogP contribution in [-0.2, 0) is 22.5 Å². The standard InChI is InChI=1S/C35H44O5S/c1-4-5-6-10-32(40-24-25-11-19-30(38-2)20-12-25)26-13-15-28(16-14-26)34-27(17-18-29(34)23-36)8-7-9-31-21-22-33(41-31)35(37)39-3/h11-16,19-22,27,32,36H,4-10,17-18,23-24H2,1-3H3/t27-,32?/m0/s1. The third-order valence-electron chi connectivity index (χ3n) is 8.07. The van der Waals surface area contributed by atoms with Gasteiger partial charge < -0.3 is 19.3 Å². The minimum atomic E-state index is -0.267. The van der Waals surface area contributed by atoms with Gasteiger partial charge in [0.15, 0.2) is 0 Å². The van der Waals surface area contributed by atoms with E-state index in [1.54, 1.807) is 7.11 Å². The number of hydrogen-bond acceptors (Lipinski definition) is 6. The minimum Gasteiger partial charge on any atom is -0.497 e. The molecule has 0 saturated heterocycles. The van der Waals surface area contributed by atoms with E-state index in [4.69, 9.17) is 14.2 Å². The van der Waals surface area contributed by atoms with Gasteiger partial charge in [-0.3, -0.25) is 0 Å². The first-order chi connectivity index (χ1) is 20.1. The zero-order chi connectivity index (χ0) is 29.0. The van der Waals surface area contributed by atoms with Crippen LogP contribution in [0.15, 0.2) is 66.2 Å². The lowest BCUT2D eigenvalue weighted by Gasteiger charge is -2.21. The molecule has 2 atom stereocenters. The molecule has 1 heterocycles.